The molecule has 7 heteroatoms. The number of aliphatic hydroxyl groups is 3. The molecule has 7 nitrogen and oxygen atoms in total. The molecule has 0 aliphatic carbocycles. The Balaban J connectivity index is 2.64. The molecule has 1 saturated heterocycles. The van der Waals surface area contributed by atoms with Crippen molar-refractivity contribution >= 4 is 12.1 Å². The van der Waals surface area contributed by atoms with Gasteiger partial charge in [-0.2, -0.15) is 0 Å². The maximum absolute atomic E-state index is 9.62. The van der Waals surface area contributed by atoms with Crippen LogP contribution in [0.5, 0.6) is 0 Å². The second-order valence-corrected chi connectivity index (χ2v) is 3.98. The Hall–Kier alpha value is -1.02. The lowest BCUT2D eigenvalue weighted by molar-refractivity contribution is -0.0966. The maximum atomic E-state index is 9.62. The van der Waals surface area contributed by atoms with E-state index in [-0.39, 0.29) is 12.3 Å². The van der Waals surface area contributed by atoms with Crippen LogP contribution >= 0.6 is 0 Å². The van der Waals surface area contributed by atoms with Crippen LogP contribution in [0.15, 0.2) is 4.99 Å². The summed E-state index contributed by atoms with van der Waals surface area (Å²) in [5.74, 6) is -0.0540. The van der Waals surface area contributed by atoms with Gasteiger partial charge in [-0.25, -0.2) is 0 Å². The standard InChI is InChI=1S/C9H17N3O4/c1-9(4-13)7(15)6(14)8(16-9)12-3-2-5(10)11/h3,6-8,13-15H,2,4H2,1H3,(H3,10,11). The van der Waals surface area contributed by atoms with E-state index in [0.717, 1.165) is 0 Å². The number of nitrogens with two attached hydrogens (primary N) is 1. The summed E-state index contributed by atoms with van der Waals surface area (Å²) in [7, 11) is 0. The molecule has 92 valence electrons. The van der Waals surface area contributed by atoms with Gasteiger partial charge < -0.3 is 25.8 Å². The summed E-state index contributed by atoms with van der Waals surface area (Å²) in [5, 5.41) is 35.2. The summed E-state index contributed by atoms with van der Waals surface area (Å²) >= 11 is 0. The van der Waals surface area contributed by atoms with Gasteiger partial charge in [0.1, 0.15) is 17.8 Å². The molecule has 1 aliphatic heterocycles. The number of nitrogens with zero attached hydrogens (tertiary/aromatic N) is 1. The summed E-state index contributed by atoms with van der Waals surface area (Å²) in [6.07, 6.45) is -1.84. The fourth-order valence-electron chi connectivity index (χ4n) is 1.44. The summed E-state index contributed by atoms with van der Waals surface area (Å²) < 4.78 is 5.25. The van der Waals surface area contributed by atoms with Crippen molar-refractivity contribution in [3.05, 3.63) is 0 Å². The fraction of sp³-hybridized carbons (Fsp3) is 0.778. The van der Waals surface area contributed by atoms with Gasteiger partial charge in [0.2, 0.25) is 0 Å². The van der Waals surface area contributed by atoms with Gasteiger partial charge in [0.15, 0.2) is 6.23 Å². The second-order valence-electron chi connectivity index (χ2n) is 3.98. The zero-order valence-corrected chi connectivity index (χ0v) is 9.00. The summed E-state index contributed by atoms with van der Waals surface area (Å²) in [6.45, 7) is 1.07. The van der Waals surface area contributed by atoms with Gasteiger partial charge in [0.25, 0.3) is 0 Å². The fourth-order valence-corrected chi connectivity index (χ4v) is 1.44. The monoisotopic (exact) mass is 231 g/mol. The number of hydrogen-bond acceptors (Lipinski definition) is 6. The van der Waals surface area contributed by atoms with Crippen LogP contribution in [0.3, 0.4) is 0 Å². The molecule has 6 N–H and O–H groups in total. The first-order chi connectivity index (χ1) is 7.40. The molecule has 4 unspecified atom stereocenters. The topological polar surface area (TPSA) is 132 Å². The highest BCUT2D eigenvalue weighted by Crippen LogP contribution is 2.31. The van der Waals surface area contributed by atoms with Crippen molar-refractivity contribution in [1.82, 2.24) is 0 Å². The highest BCUT2D eigenvalue weighted by Gasteiger charge is 2.50. The SMILES string of the molecule is CC1(CO)OC(N=CCC(=N)N)C(O)C1O. The molecule has 0 radical (unpaired) electrons. The molecule has 1 fully saturated rings. The third-order valence-electron chi connectivity index (χ3n) is 2.51. The Bertz CT molecular complexity index is 296. The largest absolute Gasteiger partial charge is 0.393 e. The van der Waals surface area contributed by atoms with Gasteiger partial charge in [-0.1, -0.05) is 0 Å². The van der Waals surface area contributed by atoms with E-state index in [2.05, 4.69) is 4.99 Å². The van der Waals surface area contributed by atoms with Gasteiger partial charge in [-0.15, -0.1) is 0 Å². The quantitative estimate of drug-likeness (QED) is 0.288. The smallest absolute Gasteiger partial charge is 0.177 e. The first-order valence-corrected chi connectivity index (χ1v) is 4.90. The average molecular weight is 231 g/mol. The zero-order valence-electron chi connectivity index (χ0n) is 9.00. The van der Waals surface area contributed by atoms with Crippen LogP contribution in [0.25, 0.3) is 0 Å². The molecular weight excluding hydrogens is 214 g/mol. The van der Waals surface area contributed by atoms with Crippen LogP contribution in [-0.2, 0) is 4.74 Å². The van der Waals surface area contributed by atoms with Gasteiger partial charge in [0.05, 0.1) is 12.4 Å². The molecule has 0 saturated carbocycles. The van der Waals surface area contributed by atoms with E-state index in [1.54, 1.807) is 0 Å². The van der Waals surface area contributed by atoms with E-state index < -0.39 is 30.6 Å². The van der Waals surface area contributed by atoms with Crippen molar-refractivity contribution in [3.63, 3.8) is 0 Å². The number of amidine groups is 1. The van der Waals surface area contributed by atoms with E-state index in [4.69, 9.17) is 21.0 Å². The summed E-state index contributed by atoms with van der Waals surface area (Å²) in [6, 6.07) is 0. The van der Waals surface area contributed by atoms with Crippen molar-refractivity contribution in [2.45, 2.75) is 37.4 Å². The highest BCUT2D eigenvalue weighted by molar-refractivity contribution is 5.90. The third kappa shape index (κ3) is 2.56. The molecule has 0 aromatic carbocycles. The third-order valence-corrected chi connectivity index (χ3v) is 2.51. The first-order valence-electron chi connectivity index (χ1n) is 4.90. The predicted octanol–water partition coefficient (Wildman–Crippen LogP) is -1.79. The molecule has 16 heavy (non-hydrogen) atoms. The van der Waals surface area contributed by atoms with Gasteiger partial charge in [-0.3, -0.25) is 10.4 Å². The van der Waals surface area contributed by atoms with Crippen LogP contribution in [0.2, 0.25) is 0 Å². The first kappa shape index (κ1) is 13.0. The predicted molar refractivity (Wildman–Crippen MR) is 57.4 cm³/mol. The molecule has 0 aromatic heterocycles. The minimum atomic E-state index is -1.21. The molecule has 0 amide bonds. The molecule has 1 aliphatic rings. The van der Waals surface area contributed by atoms with Crippen LogP contribution in [0.4, 0.5) is 0 Å². The van der Waals surface area contributed by atoms with Crippen LogP contribution in [0.1, 0.15) is 13.3 Å². The van der Waals surface area contributed by atoms with Crippen molar-refractivity contribution < 1.29 is 20.1 Å². The molecule has 0 bridgehead atoms. The Morgan fingerprint density at radius 2 is 2.25 bits per heavy atom. The second kappa shape index (κ2) is 4.88. The van der Waals surface area contributed by atoms with Crippen LogP contribution in [0, 0.1) is 5.41 Å². The number of rotatable bonds is 4. The molecule has 1 rings (SSSR count). The minimum absolute atomic E-state index is 0.0540. The van der Waals surface area contributed by atoms with Crippen molar-refractivity contribution in [2.75, 3.05) is 6.61 Å². The number of ether oxygens (including phenoxy) is 1. The number of aliphatic hydroxyl groups excluding tert-OH is 3. The molecule has 0 spiro atoms. The lowest BCUT2D eigenvalue weighted by atomic mass is 9.99. The Morgan fingerprint density at radius 3 is 2.69 bits per heavy atom. The van der Waals surface area contributed by atoms with Crippen LogP contribution < -0.4 is 5.73 Å². The number of hydrogen-bond donors (Lipinski definition) is 5. The molecular formula is C9H17N3O4. The minimum Gasteiger partial charge on any atom is -0.393 e. The summed E-state index contributed by atoms with van der Waals surface area (Å²) in [4.78, 5) is 3.85. The maximum Gasteiger partial charge on any atom is 0.177 e. The normalized spacial score (nSPS) is 39.4. The Labute approximate surface area is 93.1 Å². The number of aliphatic imine (C=N–C) groups is 1. The molecule has 1 heterocycles. The van der Waals surface area contributed by atoms with Crippen LogP contribution in [-0.4, -0.2) is 58.0 Å². The lowest BCUT2D eigenvalue weighted by Crippen LogP contribution is -2.43. The van der Waals surface area contributed by atoms with Gasteiger partial charge in [0, 0.05) is 12.6 Å². The van der Waals surface area contributed by atoms with Crippen molar-refractivity contribution in [3.8, 4) is 0 Å². The zero-order chi connectivity index (χ0) is 12.3. The molecule has 4 atom stereocenters. The van der Waals surface area contributed by atoms with E-state index in [1.807, 2.05) is 0 Å². The average Bonchev–Trinajstić information content (AvgIpc) is 2.44. The van der Waals surface area contributed by atoms with Crippen molar-refractivity contribution in [2.24, 2.45) is 10.7 Å². The van der Waals surface area contributed by atoms with E-state index >= 15 is 0 Å². The highest BCUT2D eigenvalue weighted by atomic mass is 16.6. The summed E-state index contributed by atoms with van der Waals surface area (Å²) in [5.41, 5.74) is 3.91. The van der Waals surface area contributed by atoms with Crippen molar-refractivity contribution in [1.29, 1.82) is 5.41 Å². The van der Waals surface area contributed by atoms with Gasteiger partial charge >= 0.3 is 0 Å². The molecule has 0 aromatic rings. The van der Waals surface area contributed by atoms with Gasteiger partial charge in [-0.05, 0) is 6.92 Å². The van der Waals surface area contributed by atoms with E-state index in [1.165, 1.54) is 13.1 Å². The Kier molecular flexibility index (Phi) is 3.98. The number of nitrogens with one attached hydrogen (secondary N) is 1. The van der Waals surface area contributed by atoms with E-state index in [0.29, 0.717) is 0 Å². The van der Waals surface area contributed by atoms with E-state index in [9.17, 15) is 10.2 Å². The lowest BCUT2D eigenvalue weighted by Gasteiger charge is -2.24. The Morgan fingerprint density at radius 1 is 1.62 bits per heavy atom.